The predicted octanol–water partition coefficient (Wildman–Crippen LogP) is 4.17. The van der Waals surface area contributed by atoms with E-state index in [1.807, 2.05) is 44.3 Å². The van der Waals surface area contributed by atoms with E-state index in [9.17, 15) is 23.1 Å². The van der Waals surface area contributed by atoms with Gasteiger partial charge in [0.15, 0.2) is 0 Å². The van der Waals surface area contributed by atoms with Crippen LogP contribution in [-0.2, 0) is 21.4 Å². The van der Waals surface area contributed by atoms with Gasteiger partial charge in [-0.25, -0.2) is 13.2 Å². The van der Waals surface area contributed by atoms with Gasteiger partial charge in [0.2, 0.25) is 10.0 Å². The van der Waals surface area contributed by atoms with Crippen LogP contribution in [0.15, 0.2) is 42.5 Å². The van der Waals surface area contributed by atoms with Gasteiger partial charge in [-0.2, -0.15) is 4.31 Å². The molecule has 9 nitrogen and oxygen atoms in total. The van der Waals surface area contributed by atoms with Crippen molar-refractivity contribution < 1.29 is 23.1 Å². The molecule has 1 saturated carbocycles. The standard InChI is InChI=1S/C32H48N4O5S/c1-24-10-7-8-13-27(24)29-22-26(14-15-28(29)31(37)35-30(32(38)39)16-19-34-3)23-36(42(40,41)21-9-18-33-2)20-17-25-11-5-4-6-12-25/h7-8,10,13-15,22,25,30,33-34H,4-6,9,11-12,16-21,23H2,1-3H3,(H,35,37)(H,38,39). The molecule has 0 aliphatic heterocycles. The van der Waals surface area contributed by atoms with Gasteiger partial charge in [-0.1, -0.05) is 62.4 Å². The zero-order valence-corrected chi connectivity index (χ0v) is 26.1. The van der Waals surface area contributed by atoms with Gasteiger partial charge in [0.25, 0.3) is 5.91 Å². The Bertz CT molecular complexity index is 1280. The van der Waals surface area contributed by atoms with Gasteiger partial charge in [0.05, 0.1) is 5.75 Å². The maximum atomic E-state index is 13.5. The van der Waals surface area contributed by atoms with Crippen LogP contribution >= 0.6 is 0 Å². The molecule has 42 heavy (non-hydrogen) atoms. The Kier molecular flexibility index (Phi) is 13.4. The van der Waals surface area contributed by atoms with Gasteiger partial charge in [-0.15, -0.1) is 0 Å². The molecule has 3 rings (SSSR count). The summed E-state index contributed by atoms with van der Waals surface area (Å²) in [5.41, 5.74) is 3.60. The average Bonchev–Trinajstić information content (AvgIpc) is 2.97. The zero-order chi connectivity index (χ0) is 30.5. The zero-order valence-electron chi connectivity index (χ0n) is 25.3. The smallest absolute Gasteiger partial charge is 0.326 e. The van der Waals surface area contributed by atoms with Crippen molar-refractivity contribution in [1.29, 1.82) is 0 Å². The lowest BCUT2D eigenvalue weighted by Crippen LogP contribution is -2.42. The molecule has 10 heteroatoms. The Morgan fingerprint density at radius 1 is 1.00 bits per heavy atom. The highest BCUT2D eigenvalue weighted by Crippen LogP contribution is 2.30. The number of carboxylic acids is 1. The largest absolute Gasteiger partial charge is 0.480 e. The van der Waals surface area contributed by atoms with E-state index in [1.54, 1.807) is 23.5 Å². The van der Waals surface area contributed by atoms with Crippen LogP contribution in [-0.4, -0.2) is 75.2 Å². The number of carboxylic acid groups (broad SMARTS) is 1. The first kappa shape index (κ1) is 33.7. The Balaban J connectivity index is 1.94. The van der Waals surface area contributed by atoms with E-state index in [-0.39, 0.29) is 18.7 Å². The van der Waals surface area contributed by atoms with Gasteiger partial charge < -0.3 is 21.1 Å². The minimum atomic E-state index is -3.50. The minimum Gasteiger partial charge on any atom is -0.480 e. The molecule has 2 aromatic carbocycles. The summed E-state index contributed by atoms with van der Waals surface area (Å²) in [5, 5.41) is 18.3. The maximum Gasteiger partial charge on any atom is 0.326 e. The second-order valence-corrected chi connectivity index (χ2v) is 13.4. The Morgan fingerprint density at radius 3 is 2.38 bits per heavy atom. The number of hydrogen-bond donors (Lipinski definition) is 4. The normalized spacial score (nSPS) is 15.0. The van der Waals surface area contributed by atoms with E-state index in [0.717, 1.165) is 36.0 Å². The summed E-state index contributed by atoms with van der Waals surface area (Å²) in [6.07, 6.45) is 7.61. The summed E-state index contributed by atoms with van der Waals surface area (Å²) >= 11 is 0. The third-order valence-electron chi connectivity index (χ3n) is 8.14. The fraction of sp³-hybridized carbons (Fsp3) is 0.562. The predicted molar refractivity (Wildman–Crippen MR) is 168 cm³/mol. The van der Waals surface area contributed by atoms with Crippen LogP contribution in [0.2, 0.25) is 0 Å². The summed E-state index contributed by atoms with van der Waals surface area (Å²) in [4.78, 5) is 25.2. The molecule has 1 atom stereocenters. The van der Waals surface area contributed by atoms with E-state index >= 15 is 0 Å². The maximum absolute atomic E-state index is 13.5. The number of amides is 1. The fourth-order valence-corrected chi connectivity index (χ4v) is 7.15. The highest BCUT2D eigenvalue weighted by molar-refractivity contribution is 7.89. The van der Waals surface area contributed by atoms with Crippen molar-refractivity contribution in [2.75, 3.05) is 39.5 Å². The number of aryl methyl sites for hydroxylation is 1. The van der Waals surface area contributed by atoms with Crippen molar-refractivity contribution >= 4 is 21.9 Å². The Hall–Kier alpha value is -2.79. The summed E-state index contributed by atoms with van der Waals surface area (Å²) in [6, 6.07) is 12.0. The molecule has 0 radical (unpaired) electrons. The van der Waals surface area contributed by atoms with E-state index in [0.29, 0.717) is 43.1 Å². The topological polar surface area (TPSA) is 128 Å². The molecule has 1 unspecified atom stereocenters. The quantitative estimate of drug-likeness (QED) is 0.201. The second-order valence-electron chi connectivity index (χ2n) is 11.4. The highest BCUT2D eigenvalue weighted by atomic mass is 32.2. The van der Waals surface area contributed by atoms with Crippen LogP contribution < -0.4 is 16.0 Å². The van der Waals surface area contributed by atoms with E-state index in [1.165, 1.54) is 19.3 Å². The van der Waals surface area contributed by atoms with Gasteiger partial charge in [0.1, 0.15) is 6.04 Å². The van der Waals surface area contributed by atoms with Crippen molar-refractivity contribution in [1.82, 2.24) is 20.3 Å². The van der Waals surface area contributed by atoms with E-state index in [4.69, 9.17) is 0 Å². The van der Waals surface area contributed by atoms with Crippen LogP contribution in [0.5, 0.6) is 0 Å². The van der Waals surface area contributed by atoms with Gasteiger partial charge in [-0.05, 0) is 93.7 Å². The van der Waals surface area contributed by atoms with Crippen LogP contribution in [0.1, 0.15) is 72.9 Å². The number of rotatable bonds is 17. The number of hydrogen-bond acceptors (Lipinski definition) is 6. The number of carbonyl (C=O) groups excluding carboxylic acids is 1. The molecule has 1 amide bonds. The van der Waals surface area contributed by atoms with Crippen molar-refractivity contribution in [3.63, 3.8) is 0 Å². The third-order valence-corrected chi connectivity index (χ3v) is 10.0. The van der Waals surface area contributed by atoms with Crippen molar-refractivity contribution in [2.24, 2.45) is 5.92 Å². The molecule has 4 N–H and O–H groups in total. The molecule has 0 heterocycles. The summed E-state index contributed by atoms with van der Waals surface area (Å²) in [5.74, 6) is -0.943. The van der Waals surface area contributed by atoms with Crippen LogP contribution in [0.25, 0.3) is 11.1 Å². The lowest BCUT2D eigenvalue weighted by atomic mass is 9.87. The lowest BCUT2D eigenvalue weighted by molar-refractivity contribution is -0.139. The van der Waals surface area contributed by atoms with Gasteiger partial charge in [0, 0.05) is 18.7 Å². The van der Waals surface area contributed by atoms with Gasteiger partial charge in [-0.3, -0.25) is 4.79 Å². The van der Waals surface area contributed by atoms with Crippen molar-refractivity contribution in [2.45, 2.75) is 70.9 Å². The summed E-state index contributed by atoms with van der Waals surface area (Å²) < 4.78 is 28.6. The van der Waals surface area contributed by atoms with E-state index in [2.05, 4.69) is 16.0 Å². The molecule has 232 valence electrons. The first-order valence-electron chi connectivity index (χ1n) is 15.2. The third kappa shape index (κ3) is 9.90. The Morgan fingerprint density at radius 2 is 1.71 bits per heavy atom. The number of nitrogens with zero attached hydrogens (tertiary/aromatic N) is 1. The number of benzene rings is 2. The molecule has 2 aromatic rings. The molecule has 0 spiro atoms. The molecule has 1 aliphatic carbocycles. The molecular formula is C32H48N4O5S. The van der Waals surface area contributed by atoms with Crippen LogP contribution in [0, 0.1) is 12.8 Å². The number of nitrogens with one attached hydrogen (secondary N) is 3. The summed E-state index contributed by atoms with van der Waals surface area (Å²) in [6.45, 7) is 3.72. The van der Waals surface area contributed by atoms with E-state index < -0.39 is 27.9 Å². The number of carbonyl (C=O) groups is 2. The number of sulfonamides is 1. The molecule has 0 bridgehead atoms. The first-order chi connectivity index (χ1) is 20.2. The van der Waals surface area contributed by atoms with Gasteiger partial charge >= 0.3 is 5.97 Å². The lowest BCUT2D eigenvalue weighted by Gasteiger charge is -2.27. The fourth-order valence-electron chi connectivity index (χ4n) is 5.65. The molecule has 0 saturated heterocycles. The highest BCUT2D eigenvalue weighted by Gasteiger charge is 2.26. The van der Waals surface area contributed by atoms with Crippen molar-refractivity contribution in [3.05, 3.63) is 59.2 Å². The first-order valence-corrected chi connectivity index (χ1v) is 16.8. The number of aliphatic carboxylic acids is 1. The van der Waals surface area contributed by atoms with Crippen LogP contribution in [0.3, 0.4) is 0 Å². The Labute approximate surface area is 251 Å². The SMILES string of the molecule is CNCCCS(=O)(=O)N(CCC1CCCCC1)Cc1ccc(C(=O)NC(CCNC)C(=O)O)c(-c2ccccc2C)c1. The molecule has 0 aromatic heterocycles. The molecule has 1 aliphatic rings. The average molecular weight is 601 g/mol. The minimum absolute atomic E-state index is 0.0762. The monoisotopic (exact) mass is 600 g/mol. The molecule has 1 fully saturated rings. The summed E-state index contributed by atoms with van der Waals surface area (Å²) in [7, 11) is 0.0512. The van der Waals surface area contributed by atoms with Crippen LogP contribution in [0.4, 0.5) is 0 Å². The van der Waals surface area contributed by atoms with Crippen molar-refractivity contribution in [3.8, 4) is 11.1 Å². The molecular weight excluding hydrogens is 552 g/mol. The second kappa shape index (κ2) is 16.7.